The molecule has 2 aromatic carbocycles. The lowest BCUT2D eigenvalue weighted by Crippen LogP contribution is -2.01. The van der Waals surface area contributed by atoms with Crippen molar-refractivity contribution in [1.82, 2.24) is 0 Å². The van der Waals surface area contributed by atoms with Crippen LogP contribution in [-0.2, 0) is 9.59 Å². The van der Waals surface area contributed by atoms with Gasteiger partial charge in [-0.2, -0.15) is 0 Å². The van der Waals surface area contributed by atoms with Gasteiger partial charge in [-0.3, -0.25) is 9.59 Å². The van der Waals surface area contributed by atoms with E-state index in [1.807, 2.05) is 36.4 Å². The monoisotopic (exact) mass is 230 g/mol. The van der Waals surface area contributed by atoms with Crippen LogP contribution in [0.4, 0.5) is 0 Å². The van der Waals surface area contributed by atoms with Crippen LogP contribution in [0.2, 0.25) is 0 Å². The summed E-state index contributed by atoms with van der Waals surface area (Å²) in [4.78, 5) is 19.6. The molecule has 0 saturated carbocycles. The number of Topliss-reactive ketones (excluding diaryl/α,β-unsaturated/α-hetero) is 2. The van der Waals surface area contributed by atoms with E-state index in [0.717, 1.165) is 10.8 Å². The van der Waals surface area contributed by atoms with Crippen molar-refractivity contribution in [3.05, 3.63) is 42.5 Å². The second-order valence-corrected chi connectivity index (χ2v) is 3.61. The van der Waals surface area contributed by atoms with E-state index in [1.165, 1.54) is 13.8 Å². The topological polar surface area (TPSA) is 54.4 Å². The number of rotatable bonds is 1. The predicted octanol–water partition coefficient (Wildman–Crippen LogP) is 2.71. The van der Waals surface area contributed by atoms with Gasteiger partial charge in [0.1, 0.15) is 5.75 Å². The van der Waals surface area contributed by atoms with Crippen molar-refractivity contribution < 1.29 is 14.7 Å². The van der Waals surface area contributed by atoms with E-state index in [4.69, 9.17) is 0 Å². The Morgan fingerprint density at radius 2 is 1.41 bits per heavy atom. The molecule has 3 nitrogen and oxygen atoms in total. The van der Waals surface area contributed by atoms with Crippen LogP contribution in [0, 0.1) is 0 Å². The van der Waals surface area contributed by atoms with Crippen molar-refractivity contribution in [3.8, 4) is 5.75 Å². The van der Waals surface area contributed by atoms with Crippen LogP contribution in [-0.4, -0.2) is 16.7 Å². The van der Waals surface area contributed by atoms with Crippen molar-refractivity contribution in [2.75, 3.05) is 0 Å². The first-order valence-electron chi connectivity index (χ1n) is 5.20. The number of hydrogen-bond acceptors (Lipinski definition) is 3. The lowest BCUT2D eigenvalue weighted by atomic mass is 10.1. The molecule has 2 aromatic rings. The number of carbonyl (C=O) groups is 2. The van der Waals surface area contributed by atoms with Crippen LogP contribution in [0.5, 0.6) is 5.75 Å². The summed E-state index contributed by atoms with van der Waals surface area (Å²) < 4.78 is 0. The van der Waals surface area contributed by atoms with E-state index in [-0.39, 0.29) is 11.6 Å². The summed E-state index contributed by atoms with van der Waals surface area (Å²) >= 11 is 0. The molecular formula is C14H14O3. The van der Waals surface area contributed by atoms with Gasteiger partial charge in [0.15, 0.2) is 11.6 Å². The third kappa shape index (κ3) is 3.72. The lowest BCUT2D eigenvalue weighted by molar-refractivity contribution is -0.134. The van der Waals surface area contributed by atoms with Crippen molar-refractivity contribution in [2.24, 2.45) is 0 Å². The molecule has 17 heavy (non-hydrogen) atoms. The summed E-state index contributed by atoms with van der Waals surface area (Å²) in [5.74, 6) is -0.409. The first-order valence-corrected chi connectivity index (χ1v) is 5.20. The van der Waals surface area contributed by atoms with E-state index >= 15 is 0 Å². The highest BCUT2D eigenvalue weighted by Crippen LogP contribution is 2.22. The Morgan fingerprint density at radius 1 is 0.882 bits per heavy atom. The zero-order valence-corrected chi connectivity index (χ0v) is 9.81. The number of benzene rings is 2. The molecule has 1 N–H and O–H groups in total. The first-order chi connectivity index (χ1) is 8.02. The van der Waals surface area contributed by atoms with Gasteiger partial charge >= 0.3 is 0 Å². The molecule has 0 radical (unpaired) electrons. The molecule has 0 spiro atoms. The van der Waals surface area contributed by atoms with E-state index in [1.54, 1.807) is 6.07 Å². The van der Waals surface area contributed by atoms with Crippen LogP contribution in [0.1, 0.15) is 13.8 Å². The summed E-state index contributed by atoms with van der Waals surface area (Å²) in [6.07, 6.45) is 0. The van der Waals surface area contributed by atoms with Gasteiger partial charge in [0, 0.05) is 19.2 Å². The van der Waals surface area contributed by atoms with Crippen LogP contribution < -0.4 is 0 Å². The minimum atomic E-state index is -0.380. The summed E-state index contributed by atoms with van der Waals surface area (Å²) in [7, 11) is 0. The average molecular weight is 230 g/mol. The number of phenols is 1. The Kier molecular flexibility index (Phi) is 4.40. The minimum Gasteiger partial charge on any atom is -0.507 e. The number of ketones is 2. The summed E-state index contributed by atoms with van der Waals surface area (Å²) in [6.45, 7) is 2.50. The SMILES string of the molecule is CC(=O)C(C)=O.Oc1cccc2ccccc12. The summed E-state index contributed by atoms with van der Waals surface area (Å²) in [5, 5.41) is 11.4. The molecule has 0 unspecified atom stereocenters. The first kappa shape index (κ1) is 12.9. The van der Waals surface area contributed by atoms with E-state index in [0.29, 0.717) is 5.75 Å². The fourth-order valence-electron chi connectivity index (χ4n) is 1.21. The van der Waals surface area contributed by atoms with Gasteiger partial charge in [0.05, 0.1) is 0 Å². The van der Waals surface area contributed by atoms with Gasteiger partial charge in [-0.05, 0) is 11.5 Å². The molecule has 2 rings (SSSR count). The van der Waals surface area contributed by atoms with Gasteiger partial charge in [-0.15, -0.1) is 0 Å². The zero-order chi connectivity index (χ0) is 12.8. The van der Waals surface area contributed by atoms with Crippen LogP contribution in [0.3, 0.4) is 0 Å². The fourth-order valence-corrected chi connectivity index (χ4v) is 1.21. The van der Waals surface area contributed by atoms with Gasteiger partial charge in [-0.25, -0.2) is 0 Å². The molecule has 0 heterocycles. The van der Waals surface area contributed by atoms with Gasteiger partial charge in [0.25, 0.3) is 0 Å². The fraction of sp³-hybridized carbons (Fsp3) is 0.143. The number of phenolic OH excluding ortho intramolecular Hbond substituents is 1. The molecule has 0 fully saturated rings. The molecule has 0 atom stereocenters. The smallest absolute Gasteiger partial charge is 0.195 e. The largest absolute Gasteiger partial charge is 0.507 e. The van der Waals surface area contributed by atoms with Gasteiger partial charge in [0.2, 0.25) is 0 Å². The van der Waals surface area contributed by atoms with E-state index < -0.39 is 0 Å². The lowest BCUT2D eigenvalue weighted by Gasteiger charge is -1.97. The predicted molar refractivity (Wildman–Crippen MR) is 67.0 cm³/mol. The van der Waals surface area contributed by atoms with Crippen LogP contribution in [0.25, 0.3) is 10.8 Å². The maximum Gasteiger partial charge on any atom is 0.195 e. The van der Waals surface area contributed by atoms with Crippen molar-refractivity contribution in [3.63, 3.8) is 0 Å². The highest BCUT2D eigenvalue weighted by Gasteiger charge is 1.95. The zero-order valence-electron chi connectivity index (χ0n) is 9.81. The van der Waals surface area contributed by atoms with Crippen LogP contribution >= 0.6 is 0 Å². The van der Waals surface area contributed by atoms with E-state index in [2.05, 4.69) is 0 Å². The Morgan fingerprint density at radius 3 is 1.94 bits per heavy atom. The maximum absolute atomic E-state index is 9.79. The molecule has 0 aliphatic heterocycles. The van der Waals surface area contributed by atoms with Crippen LogP contribution in [0.15, 0.2) is 42.5 Å². The van der Waals surface area contributed by atoms with Crippen molar-refractivity contribution in [2.45, 2.75) is 13.8 Å². The second-order valence-electron chi connectivity index (χ2n) is 3.61. The molecule has 88 valence electrons. The molecule has 0 aromatic heterocycles. The normalized spacial score (nSPS) is 9.29. The number of aromatic hydroxyl groups is 1. The standard InChI is InChI=1S/C10H8O.C4H6O2/c11-10-7-3-5-8-4-1-2-6-9(8)10;1-3(5)4(2)6/h1-7,11H;1-2H3. The van der Waals surface area contributed by atoms with Crippen molar-refractivity contribution >= 4 is 22.3 Å². The Balaban J connectivity index is 0.000000209. The Bertz CT molecular complexity index is 527. The molecule has 0 saturated heterocycles. The van der Waals surface area contributed by atoms with Gasteiger partial charge < -0.3 is 5.11 Å². The van der Waals surface area contributed by atoms with Crippen molar-refractivity contribution in [1.29, 1.82) is 0 Å². The number of fused-ring (bicyclic) bond motifs is 1. The highest BCUT2D eigenvalue weighted by molar-refractivity contribution is 6.35. The average Bonchev–Trinajstić information content (AvgIpc) is 2.30. The molecular weight excluding hydrogens is 216 g/mol. The number of hydrogen-bond donors (Lipinski definition) is 1. The van der Waals surface area contributed by atoms with E-state index in [9.17, 15) is 14.7 Å². The maximum atomic E-state index is 9.79. The second kappa shape index (κ2) is 5.80. The minimum absolute atomic E-state index is 0.350. The Labute approximate surface area is 99.7 Å². The molecule has 0 aliphatic carbocycles. The third-order valence-corrected chi connectivity index (χ3v) is 2.26. The molecule has 0 amide bonds. The summed E-state index contributed by atoms with van der Waals surface area (Å²) in [6, 6.07) is 13.3. The molecule has 0 aliphatic rings. The quantitative estimate of drug-likeness (QED) is 0.766. The Hall–Kier alpha value is -2.16. The molecule has 3 heteroatoms. The molecule has 0 bridgehead atoms. The number of carbonyl (C=O) groups excluding carboxylic acids is 2. The third-order valence-electron chi connectivity index (χ3n) is 2.26. The highest BCUT2D eigenvalue weighted by atomic mass is 16.3. The summed E-state index contributed by atoms with van der Waals surface area (Å²) in [5.41, 5.74) is 0. The van der Waals surface area contributed by atoms with Gasteiger partial charge in [-0.1, -0.05) is 36.4 Å².